The van der Waals surface area contributed by atoms with Crippen molar-refractivity contribution in [2.24, 2.45) is 0 Å². The van der Waals surface area contributed by atoms with E-state index in [0.29, 0.717) is 25.6 Å². The molecule has 3 aromatic carbocycles. The topological polar surface area (TPSA) is 60.5 Å². The van der Waals surface area contributed by atoms with E-state index in [4.69, 9.17) is 18.9 Å². The number of phenolic OH excluding ortho intramolecular Hbond substituents is 1. The molecule has 3 unspecified atom stereocenters. The van der Waals surface area contributed by atoms with Crippen molar-refractivity contribution in [1.82, 2.24) is 0 Å². The molecule has 3 atom stereocenters. The van der Waals surface area contributed by atoms with Gasteiger partial charge in [0.2, 0.25) is 0 Å². The lowest BCUT2D eigenvalue weighted by Gasteiger charge is -2.22. The van der Waals surface area contributed by atoms with Crippen LogP contribution in [0.25, 0.3) is 21.5 Å². The standard InChI is InChI=1S/C26H32O5/c1-4-18(29-15-20-16-30-20)13-28-19(5-2)14-31-26-22-9-7-6-8-21(22)25(27)24-12-17(3)10-11-23(24)26/h6-12,18-20,27H,4-5,13-16H2,1-3H3. The van der Waals surface area contributed by atoms with E-state index in [9.17, 15) is 5.11 Å². The van der Waals surface area contributed by atoms with Crippen LogP contribution in [-0.2, 0) is 14.2 Å². The number of aryl methyl sites for hydroxylation is 1. The zero-order valence-electron chi connectivity index (χ0n) is 18.6. The molecular formula is C26H32O5. The normalized spacial score (nSPS) is 17.7. The van der Waals surface area contributed by atoms with Gasteiger partial charge in [-0.15, -0.1) is 0 Å². The molecule has 0 radical (unpaired) electrons. The molecule has 5 heteroatoms. The van der Waals surface area contributed by atoms with E-state index < -0.39 is 0 Å². The maximum atomic E-state index is 10.8. The Labute approximate surface area is 183 Å². The first-order valence-electron chi connectivity index (χ1n) is 11.2. The number of fused-ring (bicyclic) bond motifs is 2. The number of hydrogen-bond donors (Lipinski definition) is 1. The number of aromatic hydroxyl groups is 1. The van der Waals surface area contributed by atoms with Crippen molar-refractivity contribution in [2.75, 3.05) is 26.4 Å². The third-order valence-corrected chi connectivity index (χ3v) is 5.86. The van der Waals surface area contributed by atoms with E-state index in [1.165, 1.54) is 0 Å². The zero-order chi connectivity index (χ0) is 21.8. The van der Waals surface area contributed by atoms with Gasteiger partial charge in [0.25, 0.3) is 0 Å². The number of phenols is 1. The van der Waals surface area contributed by atoms with E-state index in [1.807, 2.05) is 49.4 Å². The van der Waals surface area contributed by atoms with Crippen LogP contribution in [0.2, 0.25) is 0 Å². The average Bonchev–Trinajstić information content (AvgIpc) is 3.62. The number of ether oxygens (including phenoxy) is 4. The number of hydrogen-bond acceptors (Lipinski definition) is 5. The smallest absolute Gasteiger partial charge is 0.135 e. The van der Waals surface area contributed by atoms with Crippen LogP contribution in [-0.4, -0.2) is 49.8 Å². The summed E-state index contributed by atoms with van der Waals surface area (Å²) < 4.78 is 23.6. The highest BCUT2D eigenvalue weighted by Gasteiger charge is 2.24. The second kappa shape index (κ2) is 9.86. The third kappa shape index (κ3) is 5.12. The SMILES string of the molecule is CCC(COc1c2ccccc2c(O)c2cc(C)ccc12)OCC(CC)OCC1CO1. The lowest BCUT2D eigenvalue weighted by molar-refractivity contribution is -0.0593. The molecule has 4 rings (SSSR count). The monoisotopic (exact) mass is 424 g/mol. The predicted molar refractivity (Wildman–Crippen MR) is 123 cm³/mol. The van der Waals surface area contributed by atoms with Crippen LogP contribution in [0.15, 0.2) is 42.5 Å². The molecule has 0 spiro atoms. The first kappa shape index (κ1) is 21.9. The van der Waals surface area contributed by atoms with Gasteiger partial charge in [0, 0.05) is 21.5 Å². The van der Waals surface area contributed by atoms with E-state index >= 15 is 0 Å². The lowest BCUT2D eigenvalue weighted by atomic mass is 9.99. The third-order valence-electron chi connectivity index (χ3n) is 5.86. The fourth-order valence-corrected chi connectivity index (χ4v) is 3.78. The summed E-state index contributed by atoms with van der Waals surface area (Å²) in [5, 5.41) is 14.3. The van der Waals surface area contributed by atoms with Gasteiger partial charge in [-0.25, -0.2) is 0 Å². The van der Waals surface area contributed by atoms with Gasteiger partial charge in [-0.2, -0.15) is 0 Å². The molecule has 1 aliphatic rings. The van der Waals surface area contributed by atoms with E-state index in [2.05, 4.69) is 13.8 Å². The van der Waals surface area contributed by atoms with Gasteiger partial charge in [-0.1, -0.05) is 55.8 Å². The highest BCUT2D eigenvalue weighted by molar-refractivity contribution is 6.10. The summed E-state index contributed by atoms with van der Waals surface area (Å²) in [7, 11) is 0. The predicted octanol–water partition coefficient (Wildman–Crippen LogP) is 5.38. The minimum atomic E-state index is -0.0390. The van der Waals surface area contributed by atoms with Gasteiger partial charge in [0.1, 0.15) is 24.2 Å². The van der Waals surface area contributed by atoms with E-state index in [1.54, 1.807) is 0 Å². The van der Waals surface area contributed by atoms with Crippen molar-refractivity contribution in [2.45, 2.75) is 51.9 Å². The molecule has 0 saturated carbocycles. The Morgan fingerprint density at radius 1 is 0.935 bits per heavy atom. The zero-order valence-corrected chi connectivity index (χ0v) is 18.6. The Kier molecular flexibility index (Phi) is 6.96. The van der Waals surface area contributed by atoms with Crippen molar-refractivity contribution >= 4 is 21.5 Å². The van der Waals surface area contributed by atoms with Gasteiger partial charge in [0.05, 0.1) is 32.0 Å². The molecule has 166 valence electrons. The molecule has 3 aromatic rings. The molecule has 1 heterocycles. The van der Waals surface area contributed by atoms with Crippen LogP contribution in [0.5, 0.6) is 11.5 Å². The van der Waals surface area contributed by atoms with Crippen LogP contribution in [0.1, 0.15) is 32.3 Å². The molecule has 0 amide bonds. The highest BCUT2D eigenvalue weighted by atomic mass is 16.6. The number of epoxide rings is 1. The fraction of sp³-hybridized carbons (Fsp3) is 0.462. The molecule has 1 saturated heterocycles. The lowest BCUT2D eigenvalue weighted by Crippen LogP contribution is -2.28. The number of benzene rings is 3. The second-order valence-electron chi connectivity index (χ2n) is 8.27. The molecule has 31 heavy (non-hydrogen) atoms. The second-order valence-corrected chi connectivity index (χ2v) is 8.27. The van der Waals surface area contributed by atoms with Crippen molar-refractivity contribution in [3.8, 4) is 11.5 Å². The summed E-state index contributed by atoms with van der Waals surface area (Å²) >= 11 is 0. The summed E-state index contributed by atoms with van der Waals surface area (Å²) in [6, 6.07) is 13.9. The maximum absolute atomic E-state index is 10.8. The summed E-state index contributed by atoms with van der Waals surface area (Å²) in [5.74, 6) is 1.09. The van der Waals surface area contributed by atoms with Crippen molar-refractivity contribution in [1.29, 1.82) is 0 Å². The largest absolute Gasteiger partial charge is 0.507 e. The summed E-state index contributed by atoms with van der Waals surface area (Å²) in [4.78, 5) is 0. The van der Waals surface area contributed by atoms with Crippen LogP contribution in [0, 0.1) is 6.92 Å². The molecule has 1 N–H and O–H groups in total. The Bertz CT molecular complexity index is 1030. The van der Waals surface area contributed by atoms with E-state index in [-0.39, 0.29) is 18.3 Å². The van der Waals surface area contributed by atoms with Crippen molar-refractivity contribution in [3.63, 3.8) is 0 Å². The van der Waals surface area contributed by atoms with Crippen LogP contribution >= 0.6 is 0 Å². The van der Waals surface area contributed by atoms with Gasteiger partial charge >= 0.3 is 0 Å². The molecular weight excluding hydrogens is 392 g/mol. The van der Waals surface area contributed by atoms with Crippen LogP contribution in [0.3, 0.4) is 0 Å². The van der Waals surface area contributed by atoms with Crippen LogP contribution < -0.4 is 4.74 Å². The number of rotatable bonds is 11. The molecule has 1 fully saturated rings. The molecule has 5 nitrogen and oxygen atoms in total. The molecule has 0 aromatic heterocycles. The van der Waals surface area contributed by atoms with Gasteiger partial charge in [0.15, 0.2) is 0 Å². The Balaban J connectivity index is 1.50. The quantitative estimate of drug-likeness (QED) is 0.331. The summed E-state index contributed by atoms with van der Waals surface area (Å²) in [6.45, 7) is 8.66. The minimum Gasteiger partial charge on any atom is -0.507 e. The summed E-state index contributed by atoms with van der Waals surface area (Å²) in [6.07, 6.45) is 2.03. The molecule has 0 bridgehead atoms. The van der Waals surface area contributed by atoms with Gasteiger partial charge in [-0.05, 0) is 25.8 Å². The van der Waals surface area contributed by atoms with Crippen molar-refractivity contribution < 1.29 is 24.1 Å². The molecule has 0 aliphatic carbocycles. The van der Waals surface area contributed by atoms with Gasteiger partial charge < -0.3 is 24.1 Å². The average molecular weight is 425 g/mol. The van der Waals surface area contributed by atoms with Crippen molar-refractivity contribution in [3.05, 3.63) is 48.0 Å². The first-order chi connectivity index (χ1) is 15.1. The first-order valence-corrected chi connectivity index (χ1v) is 11.2. The highest BCUT2D eigenvalue weighted by Crippen LogP contribution is 2.42. The van der Waals surface area contributed by atoms with E-state index in [0.717, 1.165) is 52.3 Å². The van der Waals surface area contributed by atoms with Crippen LogP contribution in [0.4, 0.5) is 0 Å². The maximum Gasteiger partial charge on any atom is 0.135 e. The molecule has 1 aliphatic heterocycles. The fourth-order valence-electron chi connectivity index (χ4n) is 3.78. The van der Waals surface area contributed by atoms with Gasteiger partial charge in [-0.3, -0.25) is 0 Å². The Morgan fingerprint density at radius 2 is 1.61 bits per heavy atom. The summed E-state index contributed by atoms with van der Waals surface area (Å²) in [5.41, 5.74) is 1.10. The minimum absolute atomic E-state index is 0.0390. The Morgan fingerprint density at radius 3 is 2.32 bits per heavy atom. The Hall–Kier alpha value is -2.34.